The van der Waals surface area contributed by atoms with Gasteiger partial charge in [-0.15, -0.1) is 11.3 Å². The highest BCUT2D eigenvalue weighted by Gasteiger charge is 2.24. The Morgan fingerprint density at radius 1 is 1.11 bits per heavy atom. The number of hydrogen-bond donors (Lipinski definition) is 1. The minimum Gasteiger partial charge on any atom is -0.457 e. The molecule has 0 aliphatic rings. The van der Waals surface area contributed by atoms with Crippen molar-refractivity contribution in [1.29, 1.82) is 0 Å². The number of hydrogen-bond acceptors (Lipinski definition) is 7. The molecule has 0 spiro atoms. The molecule has 8 nitrogen and oxygen atoms in total. The van der Waals surface area contributed by atoms with Crippen molar-refractivity contribution in [3.05, 3.63) is 92.8 Å². The Kier molecular flexibility index (Phi) is 6.88. The number of carbonyl (C=O) groups is 3. The summed E-state index contributed by atoms with van der Waals surface area (Å²) in [6.07, 6.45) is 1.30. The molecule has 0 fully saturated rings. The summed E-state index contributed by atoms with van der Waals surface area (Å²) in [5, 5.41) is 3.01. The van der Waals surface area contributed by atoms with Crippen LogP contribution in [0.4, 0.5) is 5.69 Å². The first-order valence-electron chi connectivity index (χ1n) is 10.9. The van der Waals surface area contributed by atoms with Gasteiger partial charge in [-0.1, -0.05) is 42.5 Å². The van der Waals surface area contributed by atoms with Crippen LogP contribution in [0.3, 0.4) is 0 Å². The summed E-state index contributed by atoms with van der Waals surface area (Å²) < 4.78 is 6.65. The van der Waals surface area contributed by atoms with Crippen LogP contribution in [0.2, 0.25) is 0 Å². The molecule has 4 rings (SSSR count). The predicted octanol–water partition coefficient (Wildman–Crippen LogP) is 4.53. The minimum atomic E-state index is -0.881. The fourth-order valence-corrected chi connectivity index (χ4v) is 4.62. The van der Waals surface area contributed by atoms with E-state index in [0.29, 0.717) is 26.5 Å². The number of esters is 1. The van der Waals surface area contributed by atoms with Gasteiger partial charge < -0.3 is 10.1 Å². The number of fused-ring (bicyclic) bond motifs is 1. The molecule has 0 bridgehead atoms. The standard InChI is InChI=1S/C26H23N3O5S/c1-15-21-24(35-22(15)26(33)34-13-18-8-5-4-6-9-18)27-14-29(25(21)32)16(2)23(31)28-20-11-7-10-19(12-20)17(3)30/h4-12,14,16H,13H2,1-3H3,(H,28,31). The first-order chi connectivity index (χ1) is 16.8. The number of thiophene rings is 1. The van der Waals surface area contributed by atoms with E-state index in [-0.39, 0.29) is 17.8 Å². The van der Waals surface area contributed by atoms with Gasteiger partial charge in [0.2, 0.25) is 5.91 Å². The summed E-state index contributed by atoms with van der Waals surface area (Å²) in [6, 6.07) is 15.0. The number of rotatable bonds is 7. The molecule has 2 aromatic heterocycles. The molecule has 1 N–H and O–H groups in total. The number of ether oxygens (including phenoxy) is 1. The number of nitrogens with zero attached hydrogens (tertiary/aromatic N) is 2. The van der Waals surface area contributed by atoms with E-state index in [1.807, 2.05) is 30.3 Å². The van der Waals surface area contributed by atoms with Gasteiger partial charge in [0.1, 0.15) is 22.4 Å². The van der Waals surface area contributed by atoms with E-state index in [0.717, 1.165) is 16.9 Å². The van der Waals surface area contributed by atoms with Crippen molar-refractivity contribution in [3.8, 4) is 0 Å². The topological polar surface area (TPSA) is 107 Å². The molecule has 0 aliphatic heterocycles. The molecule has 0 aliphatic carbocycles. The number of benzene rings is 2. The Hall–Kier alpha value is -4.11. The van der Waals surface area contributed by atoms with Gasteiger partial charge in [0.05, 0.1) is 11.7 Å². The lowest BCUT2D eigenvalue weighted by Gasteiger charge is -2.15. The quantitative estimate of drug-likeness (QED) is 0.302. The van der Waals surface area contributed by atoms with Crippen LogP contribution in [0.1, 0.15) is 51.0 Å². The molecule has 2 heterocycles. The first kappa shape index (κ1) is 24.0. The normalized spacial score (nSPS) is 11.7. The zero-order chi connectivity index (χ0) is 25.1. The van der Waals surface area contributed by atoms with E-state index >= 15 is 0 Å². The van der Waals surface area contributed by atoms with Crippen LogP contribution in [0.15, 0.2) is 65.7 Å². The molecule has 9 heteroatoms. The average molecular weight is 490 g/mol. The highest BCUT2D eigenvalue weighted by Crippen LogP contribution is 2.28. The number of aromatic nitrogens is 2. The van der Waals surface area contributed by atoms with Crippen LogP contribution in [-0.4, -0.2) is 27.2 Å². The number of nitrogens with one attached hydrogen (secondary N) is 1. The highest BCUT2D eigenvalue weighted by atomic mass is 32.1. The molecule has 0 radical (unpaired) electrons. The van der Waals surface area contributed by atoms with Crippen molar-refractivity contribution in [2.24, 2.45) is 0 Å². The summed E-state index contributed by atoms with van der Waals surface area (Å²) in [7, 11) is 0. The van der Waals surface area contributed by atoms with Crippen molar-refractivity contribution >= 4 is 44.9 Å². The van der Waals surface area contributed by atoms with Gasteiger partial charge in [0.15, 0.2) is 5.78 Å². The molecule has 2 aromatic carbocycles. The van der Waals surface area contributed by atoms with Crippen LogP contribution in [0.5, 0.6) is 0 Å². The van der Waals surface area contributed by atoms with Crippen LogP contribution < -0.4 is 10.9 Å². The largest absolute Gasteiger partial charge is 0.457 e. The van der Waals surface area contributed by atoms with Crippen LogP contribution in [0, 0.1) is 6.92 Å². The molecule has 1 amide bonds. The zero-order valence-corrected chi connectivity index (χ0v) is 20.2. The van der Waals surface area contributed by atoms with Crippen molar-refractivity contribution in [2.75, 3.05) is 5.32 Å². The minimum absolute atomic E-state index is 0.118. The fourth-order valence-electron chi connectivity index (χ4n) is 3.59. The third-order valence-electron chi connectivity index (χ3n) is 5.61. The van der Waals surface area contributed by atoms with Gasteiger partial charge in [0, 0.05) is 11.3 Å². The Morgan fingerprint density at radius 3 is 2.57 bits per heavy atom. The summed E-state index contributed by atoms with van der Waals surface area (Å²) in [5.41, 5.74) is 1.82. The number of Topliss-reactive ketones (excluding diaryl/α,β-unsaturated/α-hetero) is 1. The highest BCUT2D eigenvalue weighted by molar-refractivity contribution is 7.20. The predicted molar refractivity (Wildman–Crippen MR) is 134 cm³/mol. The number of carbonyl (C=O) groups excluding carboxylic acids is 3. The van der Waals surface area contributed by atoms with Crippen molar-refractivity contribution < 1.29 is 19.1 Å². The second-order valence-electron chi connectivity index (χ2n) is 8.06. The lowest BCUT2D eigenvalue weighted by atomic mass is 10.1. The summed E-state index contributed by atoms with van der Waals surface area (Å²) in [5.74, 6) is -1.09. The smallest absolute Gasteiger partial charge is 0.349 e. The number of anilines is 1. The van der Waals surface area contributed by atoms with E-state index in [1.165, 1.54) is 17.8 Å². The summed E-state index contributed by atoms with van der Waals surface area (Å²) >= 11 is 1.09. The van der Waals surface area contributed by atoms with Gasteiger partial charge in [-0.05, 0) is 44.0 Å². The maximum Gasteiger partial charge on any atom is 0.349 e. The number of ketones is 1. The van der Waals surface area contributed by atoms with Crippen molar-refractivity contribution in [2.45, 2.75) is 33.4 Å². The molecule has 1 unspecified atom stereocenters. The van der Waals surface area contributed by atoms with Crippen molar-refractivity contribution in [1.82, 2.24) is 9.55 Å². The van der Waals surface area contributed by atoms with E-state index in [9.17, 15) is 19.2 Å². The van der Waals surface area contributed by atoms with Crippen LogP contribution >= 0.6 is 11.3 Å². The third-order valence-corrected chi connectivity index (χ3v) is 6.79. The molecule has 35 heavy (non-hydrogen) atoms. The Morgan fingerprint density at radius 2 is 1.86 bits per heavy atom. The average Bonchev–Trinajstić information content (AvgIpc) is 3.20. The maximum atomic E-state index is 13.3. The first-order valence-corrected chi connectivity index (χ1v) is 11.7. The Bertz CT molecular complexity index is 1490. The fraction of sp³-hybridized carbons (Fsp3) is 0.192. The molecular weight excluding hydrogens is 466 g/mol. The lowest BCUT2D eigenvalue weighted by molar-refractivity contribution is -0.118. The van der Waals surface area contributed by atoms with E-state index in [4.69, 9.17) is 4.74 Å². The van der Waals surface area contributed by atoms with Gasteiger partial charge in [-0.3, -0.25) is 19.0 Å². The second-order valence-corrected chi connectivity index (χ2v) is 9.06. The summed E-state index contributed by atoms with van der Waals surface area (Å²) in [4.78, 5) is 55.4. The SMILES string of the molecule is CC(=O)c1cccc(NC(=O)C(C)n2cnc3sc(C(=O)OCc4ccccc4)c(C)c3c2=O)c1. The molecule has 0 saturated carbocycles. The van der Waals surface area contributed by atoms with Crippen molar-refractivity contribution in [3.63, 3.8) is 0 Å². The van der Waals surface area contributed by atoms with Crippen LogP contribution in [0.25, 0.3) is 10.2 Å². The second kappa shape index (κ2) is 10.0. The van der Waals surface area contributed by atoms with Gasteiger partial charge in [-0.2, -0.15) is 0 Å². The Labute approximate surface area is 205 Å². The van der Waals surface area contributed by atoms with Gasteiger partial charge in [0.25, 0.3) is 5.56 Å². The van der Waals surface area contributed by atoms with Crippen LogP contribution in [-0.2, 0) is 16.1 Å². The monoisotopic (exact) mass is 489 g/mol. The van der Waals surface area contributed by atoms with E-state index in [2.05, 4.69) is 10.3 Å². The van der Waals surface area contributed by atoms with Gasteiger partial charge in [-0.25, -0.2) is 9.78 Å². The molecule has 178 valence electrons. The molecular formula is C26H23N3O5S. The number of aryl methyl sites for hydroxylation is 1. The van der Waals surface area contributed by atoms with E-state index in [1.54, 1.807) is 38.1 Å². The van der Waals surface area contributed by atoms with Gasteiger partial charge >= 0.3 is 5.97 Å². The number of amides is 1. The van der Waals surface area contributed by atoms with E-state index < -0.39 is 23.5 Å². The molecule has 0 saturated heterocycles. The molecule has 4 aromatic rings. The summed E-state index contributed by atoms with van der Waals surface area (Å²) in [6.45, 7) is 4.81. The maximum absolute atomic E-state index is 13.3. The lowest BCUT2D eigenvalue weighted by Crippen LogP contribution is -2.31. The third kappa shape index (κ3) is 5.04. The zero-order valence-electron chi connectivity index (χ0n) is 19.4. The Balaban J connectivity index is 1.57. The molecule has 1 atom stereocenters.